The van der Waals surface area contributed by atoms with Crippen LogP contribution in [-0.2, 0) is 0 Å². The molecule has 2 heteroatoms. The summed E-state index contributed by atoms with van der Waals surface area (Å²) in [6, 6.07) is 8.60. The van der Waals surface area contributed by atoms with Crippen LogP contribution >= 0.6 is 0 Å². The minimum atomic E-state index is 0.409. The van der Waals surface area contributed by atoms with Crippen LogP contribution in [0.15, 0.2) is 24.3 Å². The number of phenols is 1. The molecule has 17 heavy (non-hydrogen) atoms. The minimum absolute atomic E-state index is 0.409. The van der Waals surface area contributed by atoms with Crippen molar-refractivity contribution in [2.75, 3.05) is 6.54 Å². The number of hydrogen-bond acceptors (Lipinski definition) is 2. The quantitative estimate of drug-likeness (QED) is 0.779. The van der Waals surface area contributed by atoms with Gasteiger partial charge in [-0.3, -0.25) is 0 Å². The Labute approximate surface area is 103 Å². The fourth-order valence-corrected chi connectivity index (χ4v) is 3.86. The van der Waals surface area contributed by atoms with Gasteiger partial charge in [-0.15, -0.1) is 0 Å². The lowest BCUT2D eigenvalue weighted by Crippen LogP contribution is -2.49. The summed E-state index contributed by atoms with van der Waals surface area (Å²) in [6.45, 7) is 3.55. The Kier molecular flexibility index (Phi) is 2.83. The van der Waals surface area contributed by atoms with Crippen molar-refractivity contribution in [1.82, 2.24) is 5.32 Å². The molecule has 1 aromatic carbocycles. The average Bonchev–Trinajstić information content (AvgIpc) is 2.28. The Morgan fingerprint density at radius 1 is 1.24 bits per heavy atom. The first kappa shape index (κ1) is 11.1. The molecule has 0 aromatic heterocycles. The van der Waals surface area contributed by atoms with Gasteiger partial charge in [-0.05, 0) is 61.3 Å². The van der Waals surface area contributed by atoms with Gasteiger partial charge in [-0.25, -0.2) is 0 Å². The van der Waals surface area contributed by atoms with Crippen molar-refractivity contribution in [3.05, 3.63) is 29.8 Å². The Hall–Kier alpha value is -1.02. The lowest BCUT2D eigenvalue weighted by atomic mass is 9.65. The first-order valence-electron chi connectivity index (χ1n) is 6.78. The third-order valence-corrected chi connectivity index (χ3v) is 4.80. The van der Waals surface area contributed by atoms with Crippen LogP contribution in [-0.4, -0.2) is 17.7 Å². The Balaban J connectivity index is 1.88. The summed E-state index contributed by atoms with van der Waals surface area (Å²) < 4.78 is 0. The molecule has 1 saturated heterocycles. The van der Waals surface area contributed by atoms with Crippen LogP contribution < -0.4 is 5.32 Å². The Bertz CT molecular complexity index is 404. The second-order valence-electron chi connectivity index (χ2n) is 5.65. The highest BCUT2D eigenvalue weighted by molar-refractivity contribution is 5.31. The predicted octanol–water partition coefficient (Wildman–Crippen LogP) is 2.88. The van der Waals surface area contributed by atoms with Gasteiger partial charge in [0.1, 0.15) is 5.75 Å². The number of fused-ring (bicyclic) bond motifs is 2. The highest BCUT2D eigenvalue weighted by Crippen LogP contribution is 2.45. The Morgan fingerprint density at radius 3 is 2.94 bits per heavy atom. The highest BCUT2D eigenvalue weighted by atomic mass is 16.3. The summed E-state index contributed by atoms with van der Waals surface area (Å²) in [7, 11) is 0. The molecular weight excluding hydrogens is 210 g/mol. The number of nitrogens with one attached hydrogen (secondary N) is 1. The number of benzene rings is 1. The molecule has 1 heterocycles. The van der Waals surface area contributed by atoms with Crippen molar-refractivity contribution in [3.63, 3.8) is 0 Å². The van der Waals surface area contributed by atoms with Gasteiger partial charge in [-0.1, -0.05) is 19.1 Å². The standard InChI is InChI=1S/C15H21NO/c1-10-13-7-8-16-15(10)6-5-14(13)11-3-2-4-12(17)9-11/h2-4,9-10,13-17H,5-8H2,1H3. The second-order valence-corrected chi connectivity index (χ2v) is 5.65. The molecule has 0 amide bonds. The van der Waals surface area contributed by atoms with Crippen molar-refractivity contribution in [1.29, 1.82) is 0 Å². The first-order chi connectivity index (χ1) is 8.25. The van der Waals surface area contributed by atoms with Gasteiger partial charge in [0.25, 0.3) is 0 Å². The molecule has 3 rings (SSSR count). The van der Waals surface area contributed by atoms with E-state index < -0.39 is 0 Å². The largest absolute Gasteiger partial charge is 0.508 e. The van der Waals surface area contributed by atoms with Crippen LogP contribution in [0.1, 0.15) is 37.7 Å². The zero-order valence-electron chi connectivity index (χ0n) is 10.4. The van der Waals surface area contributed by atoms with Crippen LogP contribution in [0.2, 0.25) is 0 Å². The lowest BCUT2D eigenvalue weighted by Gasteiger charge is -2.46. The van der Waals surface area contributed by atoms with Gasteiger partial charge in [0, 0.05) is 6.04 Å². The van der Waals surface area contributed by atoms with E-state index in [1.165, 1.54) is 24.8 Å². The molecule has 1 saturated carbocycles. The summed E-state index contributed by atoms with van der Waals surface area (Å²) in [4.78, 5) is 0. The predicted molar refractivity (Wildman–Crippen MR) is 69.1 cm³/mol. The topological polar surface area (TPSA) is 32.3 Å². The van der Waals surface area contributed by atoms with E-state index in [2.05, 4.69) is 18.3 Å². The van der Waals surface area contributed by atoms with Gasteiger partial charge in [0.05, 0.1) is 0 Å². The average molecular weight is 231 g/mol. The maximum atomic E-state index is 9.62. The van der Waals surface area contributed by atoms with E-state index in [0.29, 0.717) is 11.7 Å². The summed E-state index contributed by atoms with van der Waals surface area (Å²) in [5.41, 5.74) is 1.34. The SMILES string of the molecule is CC1C2CCC(c3cccc(O)c3)C1CCN2. The van der Waals surface area contributed by atoms with E-state index >= 15 is 0 Å². The molecule has 92 valence electrons. The van der Waals surface area contributed by atoms with Crippen LogP contribution in [0.25, 0.3) is 0 Å². The van der Waals surface area contributed by atoms with Crippen LogP contribution in [0.5, 0.6) is 5.75 Å². The smallest absolute Gasteiger partial charge is 0.115 e. The highest BCUT2D eigenvalue weighted by Gasteiger charge is 2.39. The number of rotatable bonds is 1. The van der Waals surface area contributed by atoms with Gasteiger partial charge < -0.3 is 10.4 Å². The van der Waals surface area contributed by atoms with E-state index in [4.69, 9.17) is 0 Å². The minimum Gasteiger partial charge on any atom is -0.508 e. The van der Waals surface area contributed by atoms with Crippen LogP contribution in [0.4, 0.5) is 0 Å². The molecule has 1 aliphatic heterocycles. The zero-order chi connectivity index (χ0) is 11.8. The lowest BCUT2D eigenvalue weighted by molar-refractivity contribution is 0.118. The van der Waals surface area contributed by atoms with Crippen LogP contribution in [0.3, 0.4) is 0 Å². The maximum Gasteiger partial charge on any atom is 0.115 e. The molecule has 2 nitrogen and oxygen atoms in total. The van der Waals surface area contributed by atoms with Gasteiger partial charge in [0.2, 0.25) is 0 Å². The van der Waals surface area contributed by atoms with Crippen molar-refractivity contribution >= 4 is 0 Å². The van der Waals surface area contributed by atoms with Crippen LogP contribution in [0, 0.1) is 11.8 Å². The maximum absolute atomic E-state index is 9.62. The van der Waals surface area contributed by atoms with Gasteiger partial charge in [0.15, 0.2) is 0 Å². The zero-order valence-corrected chi connectivity index (χ0v) is 10.4. The number of hydrogen-bond donors (Lipinski definition) is 2. The summed E-state index contributed by atoms with van der Waals surface area (Å²) >= 11 is 0. The van der Waals surface area contributed by atoms with E-state index in [1.807, 2.05) is 12.1 Å². The van der Waals surface area contributed by atoms with E-state index in [1.54, 1.807) is 6.07 Å². The molecule has 4 unspecified atom stereocenters. The monoisotopic (exact) mass is 231 g/mol. The van der Waals surface area contributed by atoms with E-state index in [9.17, 15) is 5.11 Å². The summed E-state index contributed by atoms with van der Waals surface area (Å²) in [5, 5.41) is 13.3. The molecule has 0 radical (unpaired) electrons. The van der Waals surface area contributed by atoms with E-state index in [0.717, 1.165) is 24.4 Å². The fraction of sp³-hybridized carbons (Fsp3) is 0.600. The number of phenolic OH excluding ortho intramolecular Hbond substituents is 1. The third-order valence-electron chi connectivity index (χ3n) is 4.80. The molecule has 2 aliphatic rings. The summed E-state index contributed by atoms with van der Waals surface area (Å²) in [6.07, 6.45) is 3.81. The van der Waals surface area contributed by atoms with Crippen molar-refractivity contribution in [2.24, 2.45) is 11.8 Å². The second kappa shape index (κ2) is 4.34. The molecule has 1 aromatic rings. The van der Waals surface area contributed by atoms with E-state index in [-0.39, 0.29) is 0 Å². The van der Waals surface area contributed by atoms with Crippen molar-refractivity contribution in [2.45, 2.75) is 38.1 Å². The molecule has 4 atom stereocenters. The molecule has 2 bridgehead atoms. The molecule has 1 aliphatic carbocycles. The van der Waals surface area contributed by atoms with Crippen molar-refractivity contribution in [3.8, 4) is 5.75 Å². The number of aromatic hydroxyl groups is 1. The molecule has 2 fully saturated rings. The normalized spacial score (nSPS) is 36.8. The summed E-state index contributed by atoms with van der Waals surface area (Å²) in [5.74, 6) is 2.61. The fourth-order valence-electron chi connectivity index (χ4n) is 3.86. The molecule has 0 spiro atoms. The third kappa shape index (κ3) is 1.95. The Morgan fingerprint density at radius 2 is 2.12 bits per heavy atom. The first-order valence-corrected chi connectivity index (χ1v) is 6.78. The van der Waals surface area contributed by atoms with Gasteiger partial charge >= 0.3 is 0 Å². The number of piperidine rings is 1. The molecule has 2 N–H and O–H groups in total. The van der Waals surface area contributed by atoms with Crippen molar-refractivity contribution < 1.29 is 5.11 Å². The van der Waals surface area contributed by atoms with Gasteiger partial charge in [-0.2, -0.15) is 0 Å². The molecular formula is C15H21NO.